The molecule has 0 amide bonds. The topological polar surface area (TPSA) is 41.0 Å². The van der Waals surface area contributed by atoms with Crippen LogP contribution in [0.4, 0.5) is 5.13 Å². The molecule has 0 bridgehead atoms. The molecule has 0 atom stereocenters. The first-order valence-corrected chi connectivity index (χ1v) is 8.48. The normalized spacial score (nSPS) is 24.9. The van der Waals surface area contributed by atoms with Gasteiger partial charge >= 0.3 is 0 Å². The van der Waals surface area contributed by atoms with Crippen LogP contribution in [-0.2, 0) is 0 Å². The largest absolute Gasteiger partial charge is 0.347 e. The third-order valence-corrected chi connectivity index (χ3v) is 5.32. The second-order valence-electron chi connectivity index (χ2n) is 6.32. The molecule has 19 heavy (non-hydrogen) atoms. The van der Waals surface area contributed by atoms with Crippen molar-refractivity contribution >= 4 is 16.7 Å². The molecule has 5 heteroatoms. The Kier molecular flexibility index (Phi) is 3.19. The smallest absolute Gasteiger partial charge is 0.205 e. The van der Waals surface area contributed by atoms with Crippen molar-refractivity contribution in [1.29, 1.82) is 0 Å². The fourth-order valence-corrected chi connectivity index (χ4v) is 3.59. The van der Waals surface area contributed by atoms with Crippen LogP contribution in [0.3, 0.4) is 0 Å². The maximum absolute atomic E-state index is 4.72. The Morgan fingerprint density at radius 3 is 2.58 bits per heavy atom. The number of anilines is 1. The highest BCUT2D eigenvalue weighted by Crippen LogP contribution is 2.40. The van der Waals surface area contributed by atoms with E-state index in [0.29, 0.717) is 5.92 Å². The zero-order valence-electron chi connectivity index (χ0n) is 11.3. The summed E-state index contributed by atoms with van der Waals surface area (Å²) < 4.78 is 4.51. The molecule has 0 spiro atoms. The van der Waals surface area contributed by atoms with Gasteiger partial charge in [-0.3, -0.25) is 0 Å². The number of hydrogen-bond donors (Lipinski definition) is 1. The lowest BCUT2D eigenvalue weighted by atomic mass is 10.1. The van der Waals surface area contributed by atoms with E-state index < -0.39 is 0 Å². The molecule has 4 rings (SSSR count). The highest BCUT2D eigenvalue weighted by atomic mass is 32.1. The number of rotatable bonds is 5. The van der Waals surface area contributed by atoms with Crippen LogP contribution in [0.1, 0.15) is 50.3 Å². The minimum Gasteiger partial charge on any atom is -0.347 e. The molecule has 1 aliphatic heterocycles. The maximum atomic E-state index is 4.72. The lowest BCUT2D eigenvalue weighted by molar-refractivity contribution is 0.408. The fourth-order valence-electron chi connectivity index (χ4n) is 2.79. The Bertz CT molecular complexity index is 430. The summed E-state index contributed by atoms with van der Waals surface area (Å²) >= 11 is 1.60. The Balaban J connectivity index is 1.28. The zero-order valence-corrected chi connectivity index (χ0v) is 12.2. The number of nitrogens with zero attached hydrogens (tertiary/aromatic N) is 3. The molecule has 1 N–H and O–H groups in total. The quantitative estimate of drug-likeness (QED) is 0.898. The highest BCUT2D eigenvalue weighted by molar-refractivity contribution is 7.09. The first-order chi connectivity index (χ1) is 9.38. The van der Waals surface area contributed by atoms with Gasteiger partial charge < -0.3 is 10.2 Å². The standard InChI is InChI=1S/C14H22N4S/c1-2-10(1)9-15-12-5-7-18(8-6-12)14-16-13(17-19-14)11-3-4-11/h10-12,15H,1-9H2. The number of piperidine rings is 1. The van der Waals surface area contributed by atoms with Crippen molar-refractivity contribution in [3.8, 4) is 0 Å². The predicted molar refractivity (Wildman–Crippen MR) is 77.8 cm³/mol. The predicted octanol–water partition coefficient (Wildman–Crippen LogP) is 2.38. The first-order valence-electron chi connectivity index (χ1n) is 7.70. The lowest BCUT2D eigenvalue weighted by Crippen LogP contribution is -2.43. The lowest BCUT2D eigenvalue weighted by Gasteiger charge is -2.32. The summed E-state index contributed by atoms with van der Waals surface area (Å²) in [5, 5.41) is 4.88. The Morgan fingerprint density at radius 1 is 1.11 bits per heavy atom. The van der Waals surface area contributed by atoms with E-state index in [1.807, 2.05) is 0 Å². The number of nitrogens with one attached hydrogen (secondary N) is 1. The minimum absolute atomic E-state index is 0.683. The van der Waals surface area contributed by atoms with E-state index >= 15 is 0 Å². The molecule has 1 saturated heterocycles. The van der Waals surface area contributed by atoms with E-state index in [-0.39, 0.29) is 0 Å². The molecule has 0 radical (unpaired) electrons. The minimum atomic E-state index is 0.683. The second kappa shape index (κ2) is 5.02. The van der Waals surface area contributed by atoms with E-state index in [1.54, 1.807) is 11.5 Å². The fraction of sp³-hybridized carbons (Fsp3) is 0.857. The van der Waals surface area contributed by atoms with Crippen LogP contribution in [0.25, 0.3) is 0 Å². The average molecular weight is 278 g/mol. The van der Waals surface area contributed by atoms with Crippen molar-refractivity contribution in [2.24, 2.45) is 5.92 Å². The molecule has 4 nitrogen and oxygen atoms in total. The van der Waals surface area contributed by atoms with Crippen LogP contribution in [-0.4, -0.2) is 35.0 Å². The summed E-state index contributed by atoms with van der Waals surface area (Å²) in [6.45, 7) is 3.53. The molecule has 3 aliphatic rings. The van der Waals surface area contributed by atoms with Gasteiger partial charge in [0.1, 0.15) is 5.82 Å². The number of hydrogen-bond acceptors (Lipinski definition) is 5. The Morgan fingerprint density at radius 2 is 1.89 bits per heavy atom. The summed E-state index contributed by atoms with van der Waals surface area (Å²) in [5.41, 5.74) is 0. The summed E-state index contributed by atoms with van der Waals surface area (Å²) in [6, 6.07) is 0.729. The molecule has 0 unspecified atom stereocenters. The van der Waals surface area contributed by atoms with Crippen LogP contribution >= 0.6 is 11.5 Å². The van der Waals surface area contributed by atoms with E-state index in [0.717, 1.165) is 36.0 Å². The third kappa shape index (κ3) is 2.92. The summed E-state index contributed by atoms with van der Waals surface area (Å²) in [6.07, 6.45) is 7.99. The van der Waals surface area contributed by atoms with Gasteiger partial charge in [-0.1, -0.05) is 0 Å². The van der Waals surface area contributed by atoms with Crippen LogP contribution in [0.15, 0.2) is 0 Å². The van der Waals surface area contributed by atoms with Crippen LogP contribution < -0.4 is 10.2 Å². The van der Waals surface area contributed by atoms with Gasteiger partial charge in [0.25, 0.3) is 0 Å². The Hall–Kier alpha value is -0.680. The van der Waals surface area contributed by atoms with Gasteiger partial charge in [-0.05, 0) is 51.0 Å². The van der Waals surface area contributed by atoms with Gasteiger partial charge in [0.05, 0.1) is 0 Å². The molecule has 2 aliphatic carbocycles. The van der Waals surface area contributed by atoms with Crippen molar-refractivity contribution in [3.63, 3.8) is 0 Å². The molecule has 2 saturated carbocycles. The monoisotopic (exact) mass is 278 g/mol. The van der Waals surface area contributed by atoms with Crippen molar-refractivity contribution in [2.75, 3.05) is 24.5 Å². The summed E-state index contributed by atoms with van der Waals surface area (Å²) in [7, 11) is 0. The molecule has 3 fully saturated rings. The van der Waals surface area contributed by atoms with Gasteiger partial charge in [0.15, 0.2) is 0 Å². The molecule has 0 aromatic carbocycles. The van der Waals surface area contributed by atoms with Gasteiger partial charge in [-0.2, -0.15) is 4.37 Å². The summed E-state index contributed by atoms with van der Waals surface area (Å²) in [5.74, 6) is 2.78. The molecule has 1 aromatic heterocycles. The van der Waals surface area contributed by atoms with Crippen molar-refractivity contribution in [1.82, 2.24) is 14.7 Å². The zero-order chi connectivity index (χ0) is 12.7. The van der Waals surface area contributed by atoms with Crippen molar-refractivity contribution in [3.05, 3.63) is 5.82 Å². The van der Waals surface area contributed by atoms with E-state index in [2.05, 4.69) is 14.6 Å². The van der Waals surface area contributed by atoms with Gasteiger partial charge in [-0.25, -0.2) is 4.98 Å². The van der Waals surface area contributed by atoms with Crippen LogP contribution in [0.2, 0.25) is 0 Å². The molecule has 104 valence electrons. The van der Waals surface area contributed by atoms with Crippen LogP contribution in [0, 0.1) is 5.92 Å². The van der Waals surface area contributed by atoms with E-state index in [9.17, 15) is 0 Å². The third-order valence-electron chi connectivity index (χ3n) is 4.53. The van der Waals surface area contributed by atoms with Crippen molar-refractivity contribution < 1.29 is 0 Å². The van der Waals surface area contributed by atoms with Crippen molar-refractivity contribution in [2.45, 2.75) is 50.5 Å². The van der Waals surface area contributed by atoms with Gasteiger partial charge in [0, 0.05) is 36.6 Å². The van der Waals surface area contributed by atoms with E-state index in [4.69, 9.17) is 4.98 Å². The maximum Gasteiger partial charge on any atom is 0.205 e. The van der Waals surface area contributed by atoms with Gasteiger partial charge in [0.2, 0.25) is 5.13 Å². The number of aromatic nitrogens is 2. The SMILES string of the molecule is C1CC1CNC1CCN(c2nc(C3CC3)ns2)CC1. The first kappa shape index (κ1) is 12.1. The van der Waals surface area contributed by atoms with E-state index in [1.165, 1.54) is 45.1 Å². The highest BCUT2D eigenvalue weighted by Gasteiger charge is 2.29. The summed E-state index contributed by atoms with van der Waals surface area (Å²) in [4.78, 5) is 7.15. The Labute approximate surface area is 118 Å². The average Bonchev–Trinajstić information content (AvgIpc) is 3.37. The van der Waals surface area contributed by atoms with Crippen LogP contribution in [0.5, 0.6) is 0 Å². The molecule has 2 heterocycles. The molecule has 1 aromatic rings. The van der Waals surface area contributed by atoms with Gasteiger partial charge in [-0.15, -0.1) is 0 Å². The second-order valence-corrected chi connectivity index (χ2v) is 7.05. The molecular formula is C14H22N4S. The molecular weight excluding hydrogens is 256 g/mol.